The maximum absolute atomic E-state index is 5.79. The van der Waals surface area contributed by atoms with Crippen LogP contribution in [0.2, 0.25) is 0 Å². The number of hydrogen-bond donors (Lipinski definition) is 1. The summed E-state index contributed by atoms with van der Waals surface area (Å²) in [6, 6.07) is 4.00. The minimum Gasteiger partial charge on any atom is -0.496 e. The molecule has 3 rings (SSSR count). The zero-order valence-electron chi connectivity index (χ0n) is 11.7. The Hall–Kier alpha value is -2.08. The zero-order valence-corrected chi connectivity index (χ0v) is 11.7. The molecule has 0 spiro atoms. The van der Waals surface area contributed by atoms with Gasteiger partial charge >= 0.3 is 0 Å². The summed E-state index contributed by atoms with van der Waals surface area (Å²) in [6.45, 7) is 3.24. The Morgan fingerprint density at radius 3 is 3.10 bits per heavy atom. The lowest BCUT2D eigenvalue weighted by molar-refractivity contribution is 0.254. The smallest absolute Gasteiger partial charge is 0.128 e. The molecule has 1 aliphatic rings. The molecule has 0 amide bonds. The van der Waals surface area contributed by atoms with Crippen molar-refractivity contribution in [3.05, 3.63) is 23.9 Å². The predicted octanol–water partition coefficient (Wildman–Crippen LogP) is 1.24. The average molecular weight is 274 g/mol. The molecule has 1 aromatic carbocycles. The Morgan fingerprint density at radius 1 is 1.50 bits per heavy atom. The van der Waals surface area contributed by atoms with Crippen LogP contribution < -0.4 is 15.2 Å². The molecule has 6 nitrogen and oxygen atoms in total. The van der Waals surface area contributed by atoms with Gasteiger partial charge in [-0.1, -0.05) is 5.21 Å². The van der Waals surface area contributed by atoms with Crippen molar-refractivity contribution in [2.24, 2.45) is 5.73 Å². The van der Waals surface area contributed by atoms with Crippen LogP contribution in [-0.2, 0) is 13.0 Å². The van der Waals surface area contributed by atoms with Crippen LogP contribution in [0, 0.1) is 0 Å². The molecule has 20 heavy (non-hydrogen) atoms. The van der Waals surface area contributed by atoms with Gasteiger partial charge < -0.3 is 15.2 Å². The third-order valence-corrected chi connectivity index (χ3v) is 3.39. The van der Waals surface area contributed by atoms with Crippen LogP contribution in [0.15, 0.2) is 18.3 Å². The van der Waals surface area contributed by atoms with Crippen LogP contribution in [0.3, 0.4) is 0 Å². The molecule has 1 aliphatic heterocycles. The van der Waals surface area contributed by atoms with Gasteiger partial charge in [0, 0.05) is 24.1 Å². The number of fused-ring (bicyclic) bond motifs is 1. The molecule has 0 aliphatic carbocycles. The topological polar surface area (TPSA) is 75.2 Å². The standard InChI is InChI=1S/C14H18N4O2/c1-9-5-10-6-14(19-2)11(7-13(10)20-9)12-8-18(4-3-15)17-16-12/h6-9H,3-5,15H2,1-2H3. The van der Waals surface area contributed by atoms with Gasteiger partial charge in [0.2, 0.25) is 0 Å². The molecular weight excluding hydrogens is 256 g/mol. The zero-order chi connectivity index (χ0) is 14.1. The van der Waals surface area contributed by atoms with Crippen molar-refractivity contribution >= 4 is 0 Å². The quantitative estimate of drug-likeness (QED) is 0.907. The van der Waals surface area contributed by atoms with Gasteiger partial charge in [-0.2, -0.15) is 0 Å². The van der Waals surface area contributed by atoms with E-state index >= 15 is 0 Å². The number of aromatic nitrogens is 3. The van der Waals surface area contributed by atoms with E-state index in [4.69, 9.17) is 15.2 Å². The molecular formula is C14H18N4O2. The summed E-state index contributed by atoms with van der Waals surface area (Å²) in [4.78, 5) is 0. The molecule has 0 bridgehead atoms. The van der Waals surface area contributed by atoms with Crippen molar-refractivity contribution in [3.63, 3.8) is 0 Å². The fourth-order valence-electron chi connectivity index (χ4n) is 2.47. The molecule has 2 N–H and O–H groups in total. The Kier molecular flexibility index (Phi) is 3.31. The van der Waals surface area contributed by atoms with Gasteiger partial charge in [-0.15, -0.1) is 5.10 Å². The number of hydrogen-bond acceptors (Lipinski definition) is 5. The van der Waals surface area contributed by atoms with Gasteiger partial charge in [-0.3, -0.25) is 4.68 Å². The molecule has 0 fully saturated rings. The summed E-state index contributed by atoms with van der Waals surface area (Å²) in [7, 11) is 1.66. The summed E-state index contributed by atoms with van der Waals surface area (Å²) >= 11 is 0. The van der Waals surface area contributed by atoms with E-state index in [0.717, 1.165) is 29.2 Å². The number of benzene rings is 1. The summed E-state index contributed by atoms with van der Waals surface area (Å²) in [5.74, 6) is 1.70. The highest BCUT2D eigenvalue weighted by atomic mass is 16.5. The second kappa shape index (κ2) is 5.13. The highest BCUT2D eigenvalue weighted by molar-refractivity contribution is 5.70. The first-order valence-corrected chi connectivity index (χ1v) is 6.69. The van der Waals surface area contributed by atoms with E-state index in [0.29, 0.717) is 13.1 Å². The molecule has 1 unspecified atom stereocenters. The van der Waals surface area contributed by atoms with E-state index < -0.39 is 0 Å². The SMILES string of the molecule is COc1cc2c(cc1-c1cn(CCN)nn1)OC(C)C2. The molecule has 6 heteroatoms. The van der Waals surface area contributed by atoms with E-state index in [-0.39, 0.29) is 6.10 Å². The summed E-state index contributed by atoms with van der Waals surface area (Å²) < 4.78 is 13.0. The van der Waals surface area contributed by atoms with Gasteiger partial charge in [0.1, 0.15) is 23.3 Å². The van der Waals surface area contributed by atoms with Crippen molar-refractivity contribution in [1.29, 1.82) is 0 Å². The maximum Gasteiger partial charge on any atom is 0.128 e. The van der Waals surface area contributed by atoms with E-state index in [1.165, 1.54) is 5.56 Å². The van der Waals surface area contributed by atoms with E-state index in [9.17, 15) is 0 Å². The van der Waals surface area contributed by atoms with Crippen molar-refractivity contribution in [3.8, 4) is 22.8 Å². The van der Waals surface area contributed by atoms with Crippen LogP contribution in [0.5, 0.6) is 11.5 Å². The van der Waals surface area contributed by atoms with Crippen LogP contribution in [-0.4, -0.2) is 34.8 Å². The van der Waals surface area contributed by atoms with Crippen LogP contribution in [0.1, 0.15) is 12.5 Å². The van der Waals surface area contributed by atoms with Gasteiger partial charge in [0.25, 0.3) is 0 Å². The molecule has 0 saturated carbocycles. The van der Waals surface area contributed by atoms with Crippen molar-refractivity contribution in [1.82, 2.24) is 15.0 Å². The molecule has 0 radical (unpaired) electrons. The van der Waals surface area contributed by atoms with E-state index in [1.807, 2.05) is 18.3 Å². The first kappa shape index (κ1) is 12.9. The first-order valence-electron chi connectivity index (χ1n) is 6.69. The summed E-state index contributed by atoms with van der Waals surface area (Å²) in [6.07, 6.45) is 2.99. The fraction of sp³-hybridized carbons (Fsp3) is 0.429. The van der Waals surface area contributed by atoms with Crippen molar-refractivity contribution in [2.45, 2.75) is 26.0 Å². The summed E-state index contributed by atoms with van der Waals surface area (Å²) in [5.41, 5.74) is 8.35. The molecule has 0 saturated heterocycles. The highest BCUT2D eigenvalue weighted by Crippen LogP contribution is 2.39. The Labute approximate surface area is 117 Å². The van der Waals surface area contributed by atoms with Gasteiger partial charge in [-0.25, -0.2) is 0 Å². The van der Waals surface area contributed by atoms with Gasteiger partial charge in [-0.05, 0) is 19.1 Å². The normalized spacial score (nSPS) is 16.9. The fourth-order valence-corrected chi connectivity index (χ4v) is 2.47. The van der Waals surface area contributed by atoms with Crippen LogP contribution >= 0.6 is 0 Å². The Bertz CT molecular complexity index is 624. The minimum absolute atomic E-state index is 0.206. The maximum atomic E-state index is 5.79. The lowest BCUT2D eigenvalue weighted by Crippen LogP contribution is -2.10. The number of nitrogens with zero attached hydrogens (tertiary/aromatic N) is 3. The summed E-state index contributed by atoms with van der Waals surface area (Å²) in [5, 5.41) is 8.24. The monoisotopic (exact) mass is 274 g/mol. The van der Waals surface area contributed by atoms with Gasteiger partial charge in [0.05, 0.1) is 19.9 Å². The van der Waals surface area contributed by atoms with Crippen LogP contribution in [0.4, 0.5) is 0 Å². The van der Waals surface area contributed by atoms with Crippen molar-refractivity contribution in [2.75, 3.05) is 13.7 Å². The predicted molar refractivity (Wildman–Crippen MR) is 74.9 cm³/mol. The molecule has 2 aromatic rings. The van der Waals surface area contributed by atoms with Crippen LogP contribution in [0.25, 0.3) is 11.3 Å². The van der Waals surface area contributed by atoms with E-state index in [2.05, 4.69) is 17.2 Å². The third-order valence-electron chi connectivity index (χ3n) is 3.39. The Morgan fingerprint density at radius 2 is 2.35 bits per heavy atom. The molecule has 2 heterocycles. The second-order valence-corrected chi connectivity index (χ2v) is 4.95. The second-order valence-electron chi connectivity index (χ2n) is 4.95. The Balaban J connectivity index is 2.01. The molecule has 1 aromatic heterocycles. The lowest BCUT2D eigenvalue weighted by Gasteiger charge is -2.08. The first-order chi connectivity index (χ1) is 9.71. The number of ether oxygens (including phenoxy) is 2. The average Bonchev–Trinajstić information content (AvgIpc) is 3.02. The molecule has 1 atom stereocenters. The van der Waals surface area contributed by atoms with E-state index in [1.54, 1.807) is 11.8 Å². The lowest BCUT2D eigenvalue weighted by atomic mass is 10.0. The largest absolute Gasteiger partial charge is 0.496 e. The third kappa shape index (κ3) is 2.22. The highest BCUT2D eigenvalue weighted by Gasteiger charge is 2.23. The van der Waals surface area contributed by atoms with Gasteiger partial charge in [0.15, 0.2) is 0 Å². The number of methoxy groups -OCH3 is 1. The minimum atomic E-state index is 0.206. The number of nitrogens with two attached hydrogens (primary N) is 1. The number of rotatable bonds is 4. The van der Waals surface area contributed by atoms with Crippen molar-refractivity contribution < 1.29 is 9.47 Å². The molecule has 106 valence electrons.